The molecule has 2 atom stereocenters. The summed E-state index contributed by atoms with van der Waals surface area (Å²) in [6.45, 7) is 4.09. The van der Waals surface area contributed by atoms with Gasteiger partial charge in [-0.3, -0.25) is 9.59 Å². The van der Waals surface area contributed by atoms with Gasteiger partial charge in [0.15, 0.2) is 0 Å². The van der Waals surface area contributed by atoms with Crippen molar-refractivity contribution < 1.29 is 38.1 Å². The van der Waals surface area contributed by atoms with Crippen LogP contribution in [0.3, 0.4) is 0 Å². The Hall–Kier alpha value is -2.12. The van der Waals surface area contributed by atoms with E-state index in [0.717, 1.165) is 27.4 Å². The topological polar surface area (TPSA) is 105 Å². The van der Waals surface area contributed by atoms with Crippen LogP contribution in [0.15, 0.2) is 0 Å². The molecule has 0 rings (SSSR count). The third-order valence-corrected chi connectivity index (χ3v) is 2.27. The number of hydrogen-bond acceptors (Lipinski definition) is 8. The Morgan fingerprint density at radius 3 is 1.76 bits per heavy atom. The van der Waals surface area contributed by atoms with Crippen LogP contribution in [0.25, 0.3) is 0 Å². The van der Waals surface area contributed by atoms with Crippen LogP contribution in [-0.2, 0) is 38.1 Å². The number of ether oxygens (including phenoxy) is 4. The van der Waals surface area contributed by atoms with Crippen molar-refractivity contribution in [2.24, 2.45) is 0 Å². The predicted molar refractivity (Wildman–Crippen MR) is 69.0 cm³/mol. The van der Waals surface area contributed by atoms with Gasteiger partial charge in [0.05, 0.1) is 13.7 Å². The first kappa shape index (κ1) is 18.9. The van der Waals surface area contributed by atoms with Crippen LogP contribution >= 0.6 is 0 Å². The van der Waals surface area contributed by atoms with Crippen molar-refractivity contribution in [3.63, 3.8) is 0 Å². The number of carbonyl (C=O) groups excluding carboxylic acids is 4. The highest BCUT2D eigenvalue weighted by Crippen LogP contribution is 2.11. The summed E-state index contributed by atoms with van der Waals surface area (Å²) in [5, 5.41) is 0. The average Bonchev–Trinajstić information content (AvgIpc) is 2.41. The highest BCUT2D eigenvalue weighted by atomic mass is 16.6. The largest absolute Gasteiger partial charge is 0.466 e. The van der Waals surface area contributed by atoms with Crippen LogP contribution in [-0.4, -0.2) is 49.8 Å². The van der Waals surface area contributed by atoms with Gasteiger partial charge in [-0.05, 0) is 6.42 Å². The molecule has 0 radical (unpaired) electrons. The molecule has 0 aliphatic rings. The SMILES string of the molecule is CCCCOC(=O)[C@H](OC(C)=O)[C@@H](OC(C)=O)C(=O)OC. The van der Waals surface area contributed by atoms with E-state index in [4.69, 9.17) is 14.2 Å². The first-order valence-corrected chi connectivity index (χ1v) is 6.42. The molecule has 0 unspecified atom stereocenters. The molecule has 0 aliphatic carbocycles. The van der Waals surface area contributed by atoms with E-state index in [2.05, 4.69) is 4.74 Å². The maximum absolute atomic E-state index is 11.9. The lowest BCUT2D eigenvalue weighted by Crippen LogP contribution is -2.46. The summed E-state index contributed by atoms with van der Waals surface area (Å²) in [7, 11) is 1.05. The maximum Gasteiger partial charge on any atom is 0.352 e. The smallest absolute Gasteiger partial charge is 0.352 e. The molecule has 0 aliphatic heterocycles. The second-order valence-electron chi connectivity index (χ2n) is 4.10. The van der Waals surface area contributed by atoms with Crippen LogP contribution < -0.4 is 0 Å². The zero-order chi connectivity index (χ0) is 16.4. The molecule has 21 heavy (non-hydrogen) atoms. The Morgan fingerprint density at radius 2 is 1.38 bits per heavy atom. The van der Waals surface area contributed by atoms with Crippen LogP contribution in [0.1, 0.15) is 33.6 Å². The van der Waals surface area contributed by atoms with Crippen molar-refractivity contribution in [1.82, 2.24) is 0 Å². The molecule has 0 heterocycles. The summed E-state index contributed by atoms with van der Waals surface area (Å²) in [5.41, 5.74) is 0. The Morgan fingerprint density at radius 1 is 0.905 bits per heavy atom. The van der Waals surface area contributed by atoms with E-state index in [-0.39, 0.29) is 6.61 Å². The van der Waals surface area contributed by atoms with Gasteiger partial charge in [-0.25, -0.2) is 9.59 Å². The molecular formula is C13H20O8. The third-order valence-electron chi connectivity index (χ3n) is 2.27. The molecule has 8 heteroatoms. The van der Waals surface area contributed by atoms with E-state index in [1.807, 2.05) is 6.92 Å². The first-order chi connectivity index (χ1) is 9.83. The molecule has 0 spiro atoms. The van der Waals surface area contributed by atoms with Crippen molar-refractivity contribution in [2.75, 3.05) is 13.7 Å². The summed E-state index contributed by atoms with van der Waals surface area (Å²) in [6.07, 6.45) is -2.01. The molecular weight excluding hydrogens is 284 g/mol. The normalized spacial score (nSPS) is 12.8. The molecule has 0 aromatic carbocycles. The zero-order valence-corrected chi connectivity index (χ0v) is 12.5. The molecule has 0 saturated carbocycles. The molecule has 0 fully saturated rings. The van der Waals surface area contributed by atoms with E-state index < -0.39 is 36.1 Å². The quantitative estimate of drug-likeness (QED) is 0.360. The predicted octanol–water partition coefficient (Wildman–Crippen LogP) is 0.366. The fraction of sp³-hybridized carbons (Fsp3) is 0.692. The highest BCUT2D eigenvalue weighted by Gasteiger charge is 2.41. The Kier molecular flexibility index (Phi) is 8.75. The van der Waals surface area contributed by atoms with Gasteiger partial charge in [-0.15, -0.1) is 0 Å². The number of rotatable bonds is 8. The minimum absolute atomic E-state index is 0.0983. The number of methoxy groups -OCH3 is 1. The van der Waals surface area contributed by atoms with E-state index in [9.17, 15) is 19.2 Å². The number of esters is 4. The van der Waals surface area contributed by atoms with Crippen LogP contribution in [0, 0.1) is 0 Å². The molecule has 120 valence electrons. The average molecular weight is 304 g/mol. The number of unbranched alkanes of at least 4 members (excludes halogenated alkanes) is 1. The Bertz CT molecular complexity index is 390. The van der Waals surface area contributed by atoms with Gasteiger partial charge in [0.2, 0.25) is 12.2 Å². The molecule has 0 aromatic heterocycles. The lowest BCUT2D eigenvalue weighted by atomic mass is 10.2. The van der Waals surface area contributed by atoms with Crippen molar-refractivity contribution >= 4 is 23.9 Å². The summed E-state index contributed by atoms with van der Waals surface area (Å²) < 4.78 is 18.8. The van der Waals surface area contributed by atoms with Crippen LogP contribution in [0.2, 0.25) is 0 Å². The van der Waals surface area contributed by atoms with Gasteiger partial charge in [0.1, 0.15) is 0 Å². The van der Waals surface area contributed by atoms with Gasteiger partial charge in [0.25, 0.3) is 0 Å². The molecule has 0 saturated heterocycles. The fourth-order valence-corrected chi connectivity index (χ4v) is 1.34. The second-order valence-corrected chi connectivity index (χ2v) is 4.10. The van der Waals surface area contributed by atoms with Crippen LogP contribution in [0.4, 0.5) is 0 Å². The zero-order valence-electron chi connectivity index (χ0n) is 12.5. The van der Waals surface area contributed by atoms with E-state index in [1.165, 1.54) is 0 Å². The van der Waals surface area contributed by atoms with Gasteiger partial charge >= 0.3 is 23.9 Å². The standard InChI is InChI=1S/C13H20O8/c1-5-6-7-19-13(17)11(21-9(3)15)10(12(16)18-4)20-8(2)14/h10-11H,5-7H2,1-4H3/t10-,11-/m1/s1. The Balaban J connectivity index is 5.11. The summed E-state index contributed by atoms with van der Waals surface area (Å²) in [4.78, 5) is 45.6. The van der Waals surface area contributed by atoms with Gasteiger partial charge < -0.3 is 18.9 Å². The maximum atomic E-state index is 11.9. The van der Waals surface area contributed by atoms with Gasteiger partial charge in [-0.1, -0.05) is 13.3 Å². The molecule has 0 N–H and O–H groups in total. The molecule has 0 bridgehead atoms. The lowest BCUT2D eigenvalue weighted by molar-refractivity contribution is -0.189. The van der Waals surface area contributed by atoms with Crippen molar-refractivity contribution in [1.29, 1.82) is 0 Å². The Labute approximate surface area is 122 Å². The first-order valence-electron chi connectivity index (χ1n) is 6.42. The molecule has 8 nitrogen and oxygen atoms in total. The summed E-state index contributed by atoms with van der Waals surface area (Å²) >= 11 is 0. The fourth-order valence-electron chi connectivity index (χ4n) is 1.34. The van der Waals surface area contributed by atoms with Crippen molar-refractivity contribution in [3.8, 4) is 0 Å². The summed E-state index contributed by atoms with van der Waals surface area (Å²) in [5.74, 6) is -3.66. The molecule has 0 aromatic rings. The highest BCUT2D eigenvalue weighted by molar-refractivity contribution is 5.88. The second kappa shape index (κ2) is 9.73. The number of carbonyl (C=O) groups is 4. The minimum atomic E-state index is -1.70. The summed E-state index contributed by atoms with van der Waals surface area (Å²) in [6, 6.07) is 0. The number of hydrogen-bond donors (Lipinski definition) is 0. The van der Waals surface area contributed by atoms with Crippen molar-refractivity contribution in [3.05, 3.63) is 0 Å². The van der Waals surface area contributed by atoms with Crippen molar-refractivity contribution in [2.45, 2.75) is 45.8 Å². The van der Waals surface area contributed by atoms with Crippen LogP contribution in [0.5, 0.6) is 0 Å². The van der Waals surface area contributed by atoms with E-state index in [1.54, 1.807) is 0 Å². The van der Waals surface area contributed by atoms with Gasteiger partial charge in [-0.2, -0.15) is 0 Å². The van der Waals surface area contributed by atoms with E-state index in [0.29, 0.717) is 6.42 Å². The monoisotopic (exact) mass is 304 g/mol. The third kappa shape index (κ3) is 7.28. The lowest BCUT2D eigenvalue weighted by Gasteiger charge is -2.22. The minimum Gasteiger partial charge on any atom is -0.466 e. The molecule has 0 amide bonds. The van der Waals surface area contributed by atoms with Gasteiger partial charge in [0, 0.05) is 13.8 Å². The van der Waals surface area contributed by atoms with E-state index >= 15 is 0 Å².